The molecule has 1 atom stereocenters. The SMILES string of the molecule is Cc1nc(C)c(-c2cccc(C(=O)NC(c3ncnn3C)C(C)C)c2)s1. The molecule has 0 radical (unpaired) electrons. The topological polar surface area (TPSA) is 72.7 Å². The lowest BCUT2D eigenvalue weighted by Crippen LogP contribution is -2.33. The summed E-state index contributed by atoms with van der Waals surface area (Å²) in [6.45, 7) is 8.10. The number of nitrogens with one attached hydrogen (secondary N) is 1. The van der Waals surface area contributed by atoms with Gasteiger partial charge in [-0.2, -0.15) is 5.10 Å². The van der Waals surface area contributed by atoms with Crippen LogP contribution in [0, 0.1) is 19.8 Å². The molecule has 7 heteroatoms. The molecular weight excluding hydrogens is 346 g/mol. The third-order valence-electron chi connectivity index (χ3n) is 4.27. The molecule has 0 saturated heterocycles. The van der Waals surface area contributed by atoms with Crippen molar-refractivity contribution in [1.29, 1.82) is 0 Å². The highest BCUT2D eigenvalue weighted by molar-refractivity contribution is 7.15. The predicted octanol–water partition coefficient (Wildman–Crippen LogP) is 3.68. The fourth-order valence-electron chi connectivity index (χ4n) is 2.94. The van der Waals surface area contributed by atoms with Gasteiger partial charge < -0.3 is 5.32 Å². The van der Waals surface area contributed by atoms with Gasteiger partial charge in [0.15, 0.2) is 0 Å². The van der Waals surface area contributed by atoms with Crippen LogP contribution in [-0.4, -0.2) is 25.7 Å². The Balaban J connectivity index is 1.87. The molecule has 3 aromatic rings. The zero-order valence-corrected chi connectivity index (χ0v) is 16.5. The van der Waals surface area contributed by atoms with Gasteiger partial charge in [-0.3, -0.25) is 9.48 Å². The van der Waals surface area contributed by atoms with Crippen LogP contribution < -0.4 is 5.32 Å². The maximum atomic E-state index is 12.9. The second kappa shape index (κ2) is 7.37. The Hall–Kier alpha value is -2.54. The summed E-state index contributed by atoms with van der Waals surface area (Å²) in [7, 11) is 1.83. The molecule has 0 aliphatic rings. The van der Waals surface area contributed by atoms with Crippen LogP contribution in [-0.2, 0) is 7.05 Å². The van der Waals surface area contributed by atoms with Gasteiger partial charge in [-0.25, -0.2) is 9.97 Å². The van der Waals surface area contributed by atoms with Gasteiger partial charge in [-0.05, 0) is 37.5 Å². The molecule has 1 aromatic carbocycles. The van der Waals surface area contributed by atoms with Gasteiger partial charge in [-0.15, -0.1) is 11.3 Å². The molecule has 0 saturated carbocycles. The average molecular weight is 369 g/mol. The summed E-state index contributed by atoms with van der Waals surface area (Å²) in [6, 6.07) is 7.47. The van der Waals surface area contributed by atoms with Crippen LogP contribution in [0.15, 0.2) is 30.6 Å². The lowest BCUT2D eigenvalue weighted by molar-refractivity contribution is 0.0922. The first-order valence-corrected chi connectivity index (χ1v) is 9.37. The number of carbonyl (C=O) groups is 1. The molecule has 0 spiro atoms. The standard InChI is InChI=1S/C19H23N5OS/c1-11(2)16(18-20-10-21-24(18)5)23-19(25)15-8-6-7-14(9-15)17-12(3)22-13(4)26-17/h6-11,16H,1-5H3,(H,23,25). The second-order valence-corrected chi connectivity index (χ2v) is 7.87. The van der Waals surface area contributed by atoms with E-state index in [-0.39, 0.29) is 17.9 Å². The summed E-state index contributed by atoms with van der Waals surface area (Å²) in [5.74, 6) is 0.822. The quantitative estimate of drug-likeness (QED) is 0.744. The number of aromatic nitrogens is 4. The molecule has 2 aromatic heterocycles. The summed E-state index contributed by atoms with van der Waals surface area (Å²) in [5.41, 5.74) is 2.63. The van der Waals surface area contributed by atoms with E-state index in [0.29, 0.717) is 5.56 Å². The molecule has 6 nitrogen and oxygen atoms in total. The van der Waals surface area contributed by atoms with Crippen LogP contribution in [0.25, 0.3) is 10.4 Å². The van der Waals surface area contributed by atoms with Crippen LogP contribution >= 0.6 is 11.3 Å². The number of thiazole rings is 1. The van der Waals surface area contributed by atoms with E-state index in [9.17, 15) is 4.79 Å². The highest BCUT2D eigenvalue weighted by Crippen LogP contribution is 2.30. The summed E-state index contributed by atoms with van der Waals surface area (Å²) in [6.07, 6.45) is 1.51. The van der Waals surface area contributed by atoms with Crippen molar-refractivity contribution in [1.82, 2.24) is 25.1 Å². The van der Waals surface area contributed by atoms with Crippen molar-refractivity contribution in [3.63, 3.8) is 0 Å². The highest BCUT2D eigenvalue weighted by Gasteiger charge is 2.23. The minimum absolute atomic E-state index is 0.118. The number of rotatable bonds is 5. The van der Waals surface area contributed by atoms with Crippen LogP contribution in [0.3, 0.4) is 0 Å². The maximum absolute atomic E-state index is 12.9. The van der Waals surface area contributed by atoms with Gasteiger partial charge in [0.2, 0.25) is 0 Å². The Morgan fingerprint density at radius 3 is 2.62 bits per heavy atom. The van der Waals surface area contributed by atoms with Crippen molar-refractivity contribution in [3.8, 4) is 10.4 Å². The third kappa shape index (κ3) is 3.67. The van der Waals surface area contributed by atoms with Crippen LogP contribution in [0.2, 0.25) is 0 Å². The van der Waals surface area contributed by atoms with Crippen molar-refractivity contribution >= 4 is 17.2 Å². The van der Waals surface area contributed by atoms with Gasteiger partial charge in [0, 0.05) is 12.6 Å². The van der Waals surface area contributed by atoms with E-state index < -0.39 is 0 Å². The first-order valence-electron chi connectivity index (χ1n) is 8.56. The molecule has 26 heavy (non-hydrogen) atoms. The van der Waals surface area contributed by atoms with E-state index in [1.165, 1.54) is 6.33 Å². The predicted molar refractivity (Wildman–Crippen MR) is 103 cm³/mol. The Bertz CT molecular complexity index is 928. The van der Waals surface area contributed by atoms with E-state index in [4.69, 9.17) is 0 Å². The van der Waals surface area contributed by atoms with Crippen LogP contribution in [0.5, 0.6) is 0 Å². The molecule has 0 fully saturated rings. The monoisotopic (exact) mass is 369 g/mol. The van der Waals surface area contributed by atoms with Crippen molar-refractivity contribution in [2.45, 2.75) is 33.7 Å². The highest BCUT2D eigenvalue weighted by atomic mass is 32.1. The Morgan fingerprint density at radius 1 is 1.27 bits per heavy atom. The van der Waals surface area contributed by atoms with E-state index in [1.807, 2.05) is 45.2 Å². The lowest BCUT2D eigenvalue weighted by Gasteiger charge is -2.21. The van der Waals surface area contributed by atoms with E-state index in [0.717, 1.165) is 27.0 Å². The molecular formula is C19H23N5OS. The fourth-order valence-corrected chi connectivity index (χ4v) is 3.86. The summed E-state index contributed by atoms with van der Waals surface area (Å²) < 4.78 is 1.70. The smallest absolute Gasteiger partial charge is 0.251 e. The zero-order chi connectivity index (χ0) is 18.8. The number of amides is 1. The first-order chi connectivity index (χ1) is 12.4. The Labute approximate surface area is 157 Å². The van der Waals surface area contributed by atoms with Gasteiger partial charge in [0.25, 0.3) is 5.91 Å². The number of hydrogen-bond acceptors (Lipinski definition) is 5. The largest absolute Gasteiger partial charge is 0.342 e. The fraction of sp³-hybridized carbons (Fsp3) is 0.368. The molecule has 0 aliphatic carbocycles. The second-order valence-electron chi connectivity index (χ2n) is 6.67. The van der Waals surface area contributed by atoms with E-state index in [1.54, 1.807) is 16.0 Å². The van der Waals surface area contributed by atoms with Crippen LogP contribution in [0.4, 0.5) is 0 Å². The number of hydrogen-bond donors (Lipinski definition) is 1. The van der Waals surface area contributed by atoms with Gasteiger partial charge in [-0.1, -0.05) is 26.0 Å². The minimum atomic E-state index is -0.203. The van der Waals surface area contributed by atoms with Gasteiger partial charge in [0.05, 0.1) is 21.6 Å². The van der Waals surface area contributed by atoms with Crippen molar-refractivity contribution in [2.75, 3.05) is 0 Å². The van der Waals surface area contributed by atoms with Gasteiger partial charge >= 0.3 is 0 Å². The van der Waals surface area contributed by atoms with E-state index >= 15 is 0 Å². The number of nitrogens with zero attached hydrogens (tertiary/aromatic N) is 4. The number of benzene rings is 1. The number of aryl methyl sites for hydroxylation is 3. The molecule has 136 valence electrons. The van der Waals surface area contributed by atoms with Gasteiger partial charge in [0.1, 0.15) is 12.2 Å². The van der Waals surface area contributed by atoms with E-state index in [2.05, 4.69) is 34.2 Å². The Kier molecular flexibility index (Phi) is 5.18. The minimum Gasteiger partial charge on any atom is -0.342 e. The summed E-state index contributed by atoms with van der Waals surface area (Å²) in [5, 5.41) is 8.24. The molecule has 1 N–H and O–H groups in total. The molecule has 1 unspecified atom stereocenters. The van der Waals surface area contributed by atoms with Crippen LogP contribution in [0.1, 0.15) is 46.8 Å². The first kappa shape index (κ1) is 18.3. The molecule has 3 rings (SSSR count). The van der Waals surface area contributed by atoms with Crippen molar-refractivity contribution < 1.29 is 4.79 Å². The third-order valence-corrected chi connectivity index (χ3v) is 5.39. The number of carbonyl (C=O) groups excluding carboxylic acids is 1. The average Bonchev–Trinajstić information content (AvgIpc) is 3.17. The zero-order valence-electron chi connectivity index (χ0n) is 15.6. The van der Waals surface area contributed by atoms with Crippen molar-refractivity contribution in [2.24, 2.45) is 13.0 Å². The van der Waals surface area contributed by atoms with Crippen molar-refractivity contribution in [3.05, 3.63) is 52.7 Å². The Morgan fingerprint density at radius 2 is 2.04 bits per heavy atom. The molecule has 0 bridgehead atoms. The molecule has 0 aliphatic heterocycles. The lowest BCUT2D eigenvalue weighted by atomic mass is 10.0. The molecule has 2 heterocycles. The molecule has 1 amide bonds. The normalized spacial score (nSPS) is 12.4. The summed E-state index contributed by atoms with van der Waals surface area (Å²) >= 11 is 1.64. The summed E-state index contributed by atoms with van der Waals surface area (Å²) in [4.78, 5) is 22.7. The maximum Gasteiger partial charge on any atom is 0.251 e.